The van der Waals surface area contributed by atoms with Crippen LogP contribution >= 0.6 is 0 Å². The van der Waals surface area contributed by atoms with E-state index in [4.69, 9.17) is 4.42 Å². The van der Waals surface area contributed by atoms with Crippen LogP contribution in [0.3, 0.4) is 0 Å². The van der Waals surface area contributed by atoms with E-state index in [1.807, 2.05) is 0 Å². The van der Waals surface area contributed by atoms with E-state index in [0.29, 0.717) is 0 Å². The number of Topliss-reactive ketones (excluding diaryl/α,β-unsaturated/α-hetero) is 1. The van der Waals surface area contributed by atoms with Crippen LogP contribution in [0.2, 0.25) is 0 Å². The highest BCUT2D eigenvalue weighted by molar-refractivity contribution is 6.47. The van der Waals surface area contributed by atoms with Crippen LogP contribution in [-0.2, 0) is 4.79 Å². The number of rotatable bonds is 3. The van der Waals surface area contributed by atoms with Crippen LogP contribution in [0.15, 0.2) is 57.7 Å². The molecule has 2 aromatic carbocycles. The van der Waals surface area contributed by atoms with Crippen molar-refractivity contribution in [2.45, 2.75) is 0 Å². The molecule has 0 spiro atoms. The quantitative estimate of drug-likeness (QED) is 0.437. The molecule has 3 aromatic rings. The van der Waals surface area contributed by atoms with Crippen molar-refractivity contribution in [3.63, 3.8) is 0 Å². The van der Waals surface area contributed by atoms with Crippen molar-refractivity contribution in [2.75, 3.05) is 5.32 Å². The summed E-state index contributed by atoms with van der Waals surface area (Å²) in [6, 6.07) is 10.8. The molecule has 120 valence electrons. The summed E-state index contributed by atoms with van der Waals surface area (Å²) < 4.78 is 17.8. The number of para-hydroxylation sites is 1. The molecule has 0 bridgehead atoms. The summed E-state index contributed by atoms with van der Waals surface area (Å²) in [4.78, 5) is 36.1. The summed E-state index contributed by atoms with van der Waals surface area (Å²) in [5.41, 5.74) is -1.62. The number of aromatic hydroxyl groups is 1. The fourth-order valence-electron chi connectivity index (χ4n) is 2.17. The van der Waals surface area contributed by atoms with Crippen LogP contribution in [-0.4, -0.2) is 16.8 Å². The molecule has 0 aliphatic heterocycles. The third-order valence-electron chi connectivity index (χ3n) is 3.32. The number of ketones is 1. The minimum absolute atomic E-state index is 0.0930. The summed E-state index contributed by atoms with van der Waals surface area (Å²) >= 11 is 0. The van der Waals surface area contributed by atoms with E-state index in [1.165, 1.54) is 24.3 Å². The van der Waals surface area contributed by atoms with Gasteiger partial charge in [0.25, 0.3) is 11.7 Å². The highest BCUT2D eigenvalue weighted by atomic mass is 19.1. The van der Waals surface area contributed by atoms with Gasteiger partial charge in [0.05, 0.1) is 5.39 Å². The third-order valence-corrected chi connectivity index (χ3v) is 3.32. The molecule has 1 heterocycles. The van der Waals surface area contributed by atoms with Crippen LogP contribution in [0.4, 0.5) is 10.1 Å². The maximum Gasteiger partial charge on any atom is 0.351 e. The van der Waals surface area contributed by atoms with Crippen molar-refractivity contribution in [1.29, 1.82) is 0 Å². The predicted octanol–water partition coefficient (Wildman–Crippen LogP) is 2.46. The standard InChI is InChI=1S/C17H10FNO5/c18-9-5-7-10(8-6-9)19-16(22)15(21)13-14(20)11-3-1-2-4-12(11)24-17(13)23/h1-8,20H,(H,19,22). The largest absolute Gasteiger partial charge is 0.506 e. The molecule has 7 heteroatoms. The number of hydrogen-bond acceptors (Lipinski definition) is 5. The number of amides is 1. The summed E-state index contributed by atoms with van der Waals surface area (Å²) in [6.45, 7) is 0. The van der Waals surface area contributed by atoms with Crippen molar-refractivity contribution in [2.24, 2.45) is 0 Å². The lowest BCUT2D eigenvalue weighted by atomic mass is 10.1. The Morgan fingerprint density at radius 2 is 1.71 bits per heavy atom. The SMILES string of the molecule is O=C(Nc1ccc(F)cc1)C(=O)c1c(O)c2ccccc2oc1=O. The number of carbonyl (C=O) groups is 2. The summed E-state index contributed by atoms with van der Waals surface area (Å²) in [5, 5.41) is 12.5. The lowest BCUT2D eigenvalue weighted by Gasteiger charge is -2.06. The Labute approximate surface area is 134 Å². The first-order chi connectivity index (χ1) is 11.5. The van der Waals surface area contributed by atoms with Gasteiger partial charge in [0, 0.05) is 5.69 Å². The number of anilines is 1. The summed E-state index contributed by atoms with van der Waals surface area (Å²) in [5.74, 6) is -3.54. The Balaban J connectivity index is 1.97. The van der Waals surface area contributed by atoms with Crippen molar-refractivity contribution < 1.29 is 23.5 Å². The van der Waals surface area contributed by atoms with Gasteiger partial charge in [-0.2, -0.15) is 0 Å². The molecule has 0 atom stereocenters. The van der Waals surface area contributed by atoms with Gasteiger partial charge in [0.1, 0.15) is 17.1 Å². The van der Waals surface area contributed by atoms with Crippen molar-refractivity contribution in [3.05, 3.63) is 70.3 Å². The molecule has 0 aliphatic carbocycles. The highest BCUT2D eigenvalue weighted by Gasteiger charge is 2.26. The number of benzene rings is 2. The van der Waals surface area contributed by atoms with Gasteiger partial charge in [0.15, 0.2) is 5.56 Å². The van der Waals surface area contributed by atoms with E-state index < -0.39 is 34.4 Å². The van der Waals surface area contributed by atoms with Crippen LogP contribution in [0.1, 0.15) is 10.4 Å². The van der Waals surface area contributed by atoms with Crippen LogP contribution in [0, 0.1) is 5.82 Å². The van der Waals surface area contributed by atoms with Gasteiger partial charge in [-0.15, -0.1) is 0 Å². The number of halogens is 1. The topological polar surface area (TPSA) is 96.6 Å². The molecule has 0 fully saturated rings. The molecule has 0 saturated carbocycles. The van der Waals surface area contributed by atoms with Gasteiger partial charge in [-0.1, -0.05) is 12.1 Å². The predicted molar refractivity (Wildman–Crippen MR) is 83.5 cm³/mol. The number of carbonyl (C=O) groups excluding carboxylic acids is 2. The number of hydrogen-bond donors (Lipinski definition) is 2. The zero-order chi connectivity index (χ0) is 17.3. The second-order valence-electron chi connectivity index (χ2n) is 4.90. The normalized spacial score (nSPS) is 10.5. The van der Waals surface area contributed by atoms with E-state index in [1.54, 1.807) is 12.1 Å². The first-order valence-corrected chi connectivity index (χ1v) is 6.83. The van der Waals surface area contributed by atoms with E-state index >= 15 is 0 Å². The van der Waals surface area contributed by atoms with Gasteiger partial charge in [-0.05, 0) is 36.4 Å². The van der Waals surface area contributed by atoms with Gasteiger partial charge in [0.2, 0.25) is 0 Å². The molecule has 0 saturated heterocycles. The molecular formula is C17H10FNO5. The van der Waals surface area contributed by atoms with Crippen LogP contribution < -0.4 is 10.9 Å². The molecular weight excluding hydrogens is 317 g/mol. The molecule has 1 aromatic heterocycles. The number of nitrogens with one attached hydrogen (secondary N) is 1. The average molecular weight is 327 g/mol. The maximum absolute atomic E-state index is 12.8. The van der Waals surface area contributed by atoms with E-state index in [0.717, 1.165) is 12.1 Å². The molecule has 3 rings (SSSR count). The smallest absolute Gasteiger partial charge is 0.351 e. The van der Waals surface area contributed by atoms with E-state index in [-0.39, 0.29) is 16.7 Å². The monoisotopic (exact) mass is 327 g/mol. The highest BCUT2D eigenvalue weighted by Crippen LogP contribution is 2.26. The zero-order valence-electron chi connectivity index (χ0n) is 12.1. The Bertz CT molecular complexity index is 1010. The Hall–Kier alpha value is -3.48. The summed E-state index contributed by atoms with van der Waals surface area (Å²) in [7, 11) is 0. The molecule has 0 aliphatic rings. The van der Waals surface area contributed by atoms with Gasteiger partial charge < -0.3 is 14.8 Å². The second-order valence-corrected chi connectivity index (χ2v) is 4.90. The number of fused-ring (bicyclic) bond motifs is 1. The van der Waals surface area contributed by atoms with Gasteiger partial charge in [-0.25, -0.2) is 9.18 Å². The molecule has 0 radical (unpaired) electrons. The molecule has 6 nitrogen and oxygen atoms in total. The van der Waals surface area contributed by atoms with Gasteiger partial charge >= 0.3 is 5.63 Å². The van der Waals surface area contributed by atoms with Gasteiger partial charge in [-0.3, -0.25) is 9.59 Å². The Morgan fingerprint density at radius 3 is 2.42 bits per heavy atom. The van der Waals surface area contributed by atoms with Crippen molar-refractivity contribution >= 4 is 28.3 Å². The van der Waals surface area contributed by atoms with E-state index in [9.17, 15) is 23.9 Å². The molecule has 0 unspecified atom stereocenters. The average Bonchev–Trinajstić information content (AvgIpc) is 2.56. The van der Waals surface area contributed by atoms with E-state index in [2.05, 4.69) is 5.32 Å². The minimum atomic E-state index is -1.25. The summed E-state index contributed by atoms with van der Waals surface area (Å²) in [6.07, 6.45) is 0. The Kier molecular flexibility index (Phi) is 3.83. The minimum Gasteiger partial charge on any atom is -0.506 e. The first kappa shape index (κ1) is 15.4. The Morgan fingerprint density at radius 1 is 1.04 bits per heavy atom. The second kappa shape index (κ2) is 5.96. The third kappa shape index (κ3) is 2.74. The van der Waals surface area contributed by atoms with Crippen molar-refractivity contribution in [1.82, 2.24) is 0 Å². The first-order valence-electron chi connectivity index (χ1n) is 6.83. The molecule has 1 amide bonds. The molecule has 2 N–H and O–H groups in total. The lowest BCUT2D eigenvalue weighted by molar-refractivity contribution is -0.112. The van der Waals surface area contributed by atoms with Crippen LogP contribution in [0.25, 0.3) is 11.0 Å². The maximum atomic E-state index is 12.8. The van der Waals surface area contributed by atoms with Crippen molar-refractivity contribution in [3.8, 4) is 5.75 Å². The lowest BCUT2D eigenvalue weighted by Crippen LogP contribution is -2.27. The fraction of sp³-hybridized carbons (Fsp3) is 0. The van der Waals surface area contributed by atoms with Crippen LogP contribution in [0.5, 0.6) is 5.75 Å². The molecule has 24 heavy (non-hydrogen) atoms. The zero-order valence-corrected chi connectivity index (χ0v) is 12.1. The fourth-order valence-corrected chi connectivity index (χ4v) is 2.17.